The zero-order valence-electron chi connectivity index (χ0n) is 12.8. The third-order valence-corrected chi connectivity index (χ3v) is 5.76. The van der Waals surface area contributed by atoms with Crippen molar-refractivity contribution in [2.75, 3.05) is 31.1 Å². The van der Waals surface area contributed by atoms with E-state index in [0.717, 1.165) is 31.8 Å². The average Bonchev–Trinajstić information content (AvgIpc) is 2.99. The smallest absolute Gasteiger partial charge is 0.230 e. The van der Waals surface area contributed by atoms with Gasteiger partial charge in [0, 0.05) is 24.5 Å². The van der Waals surface area contributed by atoms with Crippen molar-refractivity contribution in [2.45, 2.75) is 32.7 Å². The van der Waals surface area contributed by atoms with Crippen LogP contribution >= 0.6 is 23.1 Å². The Morgan fingerprint density at radius 1 is 1.57 bits per heavy atom. The topological polar surface area (TPSA) is 32.3 Å². The Labute approximate surface area is 136 Å². The number of piperidine rings is 1. The molecule has 0 bridgehead atoms. The van der Waals surface area contributed by atoms with Crippen molar-refractivity contribution in [1.29, 1.82) is 0 Å². The minimum absolute atomic E-state index is 0.198. The van der Waals surface area contributed by atoms with Crippen molar-refractivity contribution in [3.8, 4) is 0 Å². The summed E-state index contributed by atoms with van der Waals surface area (Å²) in [5, 5.41) is 5.25. The molecule has 1 aliphatic heterocycles. The van der Waals surface area contributed by atoms with Crippen LogP contribution in [0.15, 0.2) is 17.5 Å². The molecule has 1 atom stereocenters. The molecule has 1 aromatic heterocycles. The van der Waals surface area contributed by atoms with Gasteiger partial charge in [-0.15, -0.1) is 11.3 Å². The Kier molecular flexibility index (Phi) is 7.61. The first-order valence-corrected chi connectivity index (χ1v) is 9.90. The third kappa shape index (κ3) is 6.41. The van der Waals surface area contributed by atoms with E-state index in [-0.39, 0.29) is 5.91 Å². The number of amides is 1. The van der Waals surface area contributed by atoms with Gasteiger partial charge >= 0.3 is 0 Å². The largest absolute Gasteiger partial charge is 0.355 e. The highest BCUT2D eigenvalue weighted by atomic mass is 32.2. The van der Waals surface area contributed by atoms with Gasteiger partial charge < -0.3 is 5.32 Å². The van der Waals surface area contributed by atoms with Crippen LogP contribution < -0.4 is 5.32 Å². The number of carbonyl (C=O) groups excluding carboxylic acids is 1. The van der Waals surface area contributed by atoms with Crippen LogP contribution in [0.3, 0.4) is 0 Å². The van der Waals surface area contributed by atoms with Crippen molar-refractivity contribution >= 4 is 29.0 Å². The molecule has 1 fully saturated rings. The summed E-state index contributed by atoms with van der Waals surface area (Å²) in [4.78, 5) is 15.7. The molecular formula is C16H26N2OS2. The molecule has 0 aliphatic carbocycles. The van der Waals surface area contributed by atoms with Crippen molar-refractivity contribution in [2.24, 2.45) is 5.92 Å². The average molecular weight is 327 g/mol. The molecule has 118 valence electrons. The van der Waals surface area contributed by atoms with E-state index in [1.54, 1.807) is 11.8 Å². The monoisotopic (exact) mass is 326 g/mol. The molecule has 0 radical (unpaired) electrons. The van der Waals surface area contributed by atoms with E-state index in [4.69, 9.17) is 0 Å². The Morgan fingerprint density at radius 2 is 2.48 bits per heavy atom. The standard InChI is InChI=1S/C16H26N2OS2/c1-2-8-20-13-16(19)17-10-14-5-3-7-18(11-14)12-15-6-4-9-21-15/h4,6,9,14H,2-3,5,7-8,10-13H2,1H3,(H,17,19). The second kappa shape index (κ2) is 9.49. The number of nitrogens with one attached hydrogen (secondary N) is 1. The Morgan fingerprint density at radius 3 is 3.24 bits per heavy atom. The maximum absolute atomic E-state index is 11.8. The van der Waals surface area contributed by atoms with Gasteiger partial charge in [-0.3, -0.25) is 9.69 Å². The SMILES string of the molecule is CCCSCC(=O)NCC1CCCN(Cc2cccs2)C1. The van der Waals surface area contributed by atoms with Crippen LogP contribution in [0, 0.1) is 5.92 Å². The number of nitrogens with zero attached hydrogens (tertiary/aromatic N) is 1. The molecule has 0 spiro atoms. The van der Waals surface area contributed by atoms with E-state index < -0.39 is 0 Å². The first-order chi connectivity index (χ1) is 10.3. The van der Waals surface area contributed by atoms with Gasteiger partial charge in [-0.05, 0) is 48.9 Å². The molecule has 0 saturated carbocycles. The van der Waals surface area contributed by atoms with Gasteiger partial charge in [0.25, 0.3) is 0 Å². The molecule has 2 rings (SSSR count). The first kappa shape index (κ1) is 16.8. The van der Waals surface area contributed by atoms with Gasteiger partial charge in [0.2, 0.25) is 5.91 Å². The molecule has 5 heteroatoms. The second-order valence-electron chi connectivity index (χ2n) is 5.68. The molecule has 3 nitrogen and oxygen atoms in total. The number of thiophene rings is 1. The van der Waals surface area contributed by atoms with Crippen molar-refractivity contribution < 1.29 is 4.79 Å². The summed E-state index contributed by atoms with van der Waals surface area (Å²) in [6.45, 7) is 6.35. The van der Waals surface area contributed by atoms with Crippen LogP contribution in [0.2, 0.25) is 0 Å². The van der Waals surface area contributed by atoms with E-state index in [9.17, 15) is 4.79 Å². The van der Waals surface area contributed by atoms with Crippen LogP contribution in [-0.2, 0) is 11.3 Å². The van der Waals surface area contributed by atoms with E-state index in [0.29, 0.717) is 11.7 Å². The van der Waals surface area contributed by atoms with Gasteiger partial charge in [0.05, 0.1) is 5.75 Å². The lowest BCUT2D eigenvalue weighted by Gasteiger charge is -2.32. The van der Waals surface area contributed by atoms with E-state index in [1.165, 1.54) is 24.3 Å². The zero-order valence-corrected chi connectivity index (χ0v) is 14.5. The highest BCUT2D eigenvalue weighted by Gasteiger charge is 2.20. The Hall–Kier alpha value is -0.520. The Bertz CT molecular complexity index is 408. The summed E-state index contributed by atoms with van der Waals surface area (Å²) in [5.41, 5.74) is 0. The molecule has 1 N–H and O–H groups in total. The molecule has 1 aromatic rings. The van der Waals surface area contributed by atoms with Gasteiger partial charge in [-0.2, -0.15) is 11.8 Å². The fraction of sp³-hybridized carbons (Fsp3) is 0.688. The third-order valence-electron chi connectivity index (χ3n) is 3.73. The summed E-state index contributed by atoms with van der Waals surface area (Å²) in [7, 11) is 0. The lowest BCUT2D eigenvalue weighted by Crippen LogP contribution is -2.40. The number of rotatable bonds is 8. The lowest BCUT2D eigenvalue weighted by molar-refractivity contribution is -0.118. The van der Waals surface area contributed by atoms with Gasteiger partial charge in [0.1, 0.15) is 0 Å². The van der Waals surface area contributed by atoms with Gasteiger partial charge in [0.15, 0.2) is 0 Å². The van der Waals surface area contributed by atoms with E-state index in [2.05, 4.69) is 34.7 Å². The minimum Gasteiger partial charge on any atom is -0.355 e. The van der Waals surface area contributed by atoms with Crippen molar-refractivity contribution in [1.82, 2.24) is 10.2 Å². The van der Waals surface area contributed by atoms with Crippen LogP contribution in [0.5, 0.6) is 0 Å². The molecule has 1 amide bonds. The number of carbonyl (C=O) groups is 1. The molecule has 1 saturated heterocycles. The maximum Gasteiger partial charge on any atom is 0.230 e. The highest BCUT2D eigenvalue weighted by molar-refractivity contribution is 7.99. The maximum atomic E-state index is 11.8. The summed E-state index contributed by atoms with van der Waals surface area (Å²) in [6, 6.07) is 4.33. The van der Waals surface area contributed by atoms with E-state index >= 15 is 0 Å². The summed E-state index contributed by atoms with van der Waals surface area (Å²) in [6.07, 6.45) is 3.62. The molecule has 0 aromatic carbocycles. The van der Waals surface area contributed by atoms with Crippen LogP contribution in [-0.4, -0.2) is 41.9 Å². The highest BCUT2D eigenvalue weighted by Crippen LogP contribution is 2.20. The van der Waals surface area contributed by atoms with E-state index in [1.807, 2.05) is 11.3 Å². The number of hydrogen-bond acceptors (Lipinski definition) is 4. The molecule has 1 aliphatic rings. The second-order valence-corrected chi connectivity index (χ2v) is 7.82. The molecule has 2 heterocycles. The fourth-order valence-corrected chi connectivity index (χ4v) is 4.17. The summed E-state index contributed by atoms with van der Waals surface area (Å²) < 4.78 is 0. The van der Waals surface area contributed by atoms with Gasteiger partial charge in [-0.25, -0.2) is 0 Å². The van der Waals surface area contributed by atoms with Crippen molar-refractivity contribution in [3.05, 3.63) is 22.4 Å². The normalized spacial score (nSPS) is 19.6. The van der Waals surface area contributed by atoms with Crippen LogP contribution in [0.4, 0.5) is 0 Å². The zero-order chi connectivity index (χ0) is 14.9. The predicted octanol–water partition coefficient (Wildman–Crippen LogP) is 3.22. The number of hydrogen-bond donors (Lipinski definition) is 1. The summed E-state index contributed by atoms with van der Waals surface area (Å²) >= 11 is 3.56. The molecule has 21 heavy (non-hydrogen) atoms. The minimum atomic E-state index is 0.198. The van der Waals surface area contributed by atoms with Crippen molar-refractivity contribution in [3.63, 3.8) is 0 Å². The van der Waals surface area contributed by atoms with Crippen LogP contribution in [0.1, 0.15) is 31.1 Å². The van der Waals surface area contributed by atoms with Gasteiger partial charge in [-0.1, -0.05) is 13.0 Å². The first-order valence-electron chi connectivity index (χ1n) is 7.87. The molecule has 1 unspecified atom stereocenters. The number of thioether (sulfide) groups is 1. The molecular weight excluding hydrogens is 300 g/mol. The number of likely N-dealkylation sites (tertiary alicyclic amines) is 1. The summed E-state index contributed by atoms with van der Waals surface area (Å²) in [5.74, 6) is 2.49. The Balaban J connectivity index is 1.65. The predicted molar refractivity (Wildman–Crippen MR) is 92.9 cm³/mol. The quantitative estimate of drug-likeness (QED) is 0.745. The lowest BCUT2D eigenvalue weighted by atomic mass is 9.98. The van der Waals surface area contributed by atoms with Crippen LogP contribution in [0.25, 0.3) is 0 Å². The fourth-order valence-electron chi connectivity index (χ4n) is 2.70.